The molecule has 0 spiro atoms. The van der Waals surface area contributed by atoms with Crippen LogP contribution < -0.4 is 21.3 Å². The fourth-order valence-electron chi connectivity index (χ4n) is 3.42. The SMILES string of the molecule is COc1ccc(Cn2c(=O)c3cccnc3n(CC(=O)Nc3ccc(C)cc3)c2=O)cc1. The van der Waals surface area contributed by atoms with E-state index in [9.17, 15) is 14.4 Å². The summed E-state index contributed by atoms with van der Waals surface area (Å²) in [6.07, 6.45) is 1.49. The highest BCUT2D eigenvalue weighted by molar-refractivity contribution is 5.91. The van der Waals surface area contributed by atoms with Gasteiger partial charge in [0.1, 0.15) is 17.9 Å². The third-order valence-electron chi connectivity index (χ3n) is 5.12. The Bertz CT molecular complexity index is 1390. The number of hydrogen-bond donors (Lipinski definition) is 1. The van der Waals surface area contributed by atoms with E-state index < -0.39 is 17.2 Å². The van der Waals surface area contributed by atoms with Crippen LogP contribution >= 0.6 is 0 Å². The van der Waals surface area contributed by atoms with Crippen LogP contribution in [0.4, 0.5) is 5.69 Å². The fourth-order valence-corrected chi connectivity index (χ4v) is 3.42. The van der Waals surface area contributed by atoms with Crippen LogP contribution in [-0.4, -0.2) is 27.1 Å². The molecule has 0 saturated heterocycles. The lowest BCUT2D eigenvalue weighted by molar-refractivity contribution is -0.116. The predicted molar refractivity (Wildman–Crippen MR) is 122 cm³/mol. The molecule has 0 bridgehead atoms. The highest BCUT2D eigenvalue weighted by Crippen LogP contribution is 2.13. The van der Waals surface area contributed by atoms with Crippen molar-refractivity contribution in [3.63, 3.8) is 0 Å². The molecule has 2 aromatic carbocycles. The van der Waals surface area contributed by atoms with Crippen LogP contribution in [0.1, 0.15) is 11.1 Å². The quantitative estimate of drug-likeness (QED) is 0.507. The van der Waals surface area contributed by atoms with Crippen LogP contribution in [0.2, 0.25) is 0 Å². The summed E-state index contributed by atoms with van der Waals surface area (Å²) in [7, 11) is 1.57. The Morgan fingerprint density at radius 3 is 2.41 bits per heavy atom. The first kappa shape index (κ1) is 21.0. The van der Waals surface area contributed by atoms with Crippen molar-refractivity contribution in [1.29, 1.82) is 0 Å². The van der Waals surface area contributed by atoms with Gasteiger partial charge in [0.05, 0.1) is 19.0 Å². The summed E-state index contributed by atoms with van der Waals surface area (Å²) < 4.78 is 7.50. The Morgan fingerprint density at radius 1 is 1.00 bits per heavy atom. The molecule has 8 heteroatoms. The Balaban J connectivity index is 1.72. The number of ether oxygens (including phenoxy) is 1. The summed E-state index contributed by atoms with van der Waals surface area (Å²) in [6.45, 7) is 1.74. The molecule has 162 valence electrons. The van der Waals surface area contributed by atoms with E-state index in [0.29, 0.717) is 11.4 Å². The lowest BCUT2D eigenvalue weighted by Crippen LogP contribution is -2.42. The highest BCUT2D eigenvalue weighted by atomic mass is 16.5. The van der Waals surface area contributed by atoms with Gasteiger partial charge in [-0.3, -0.25) is 18.7 Å². The molecule has 0 saturated carbocycles. The minimum absolute atomic E-state index is 0.0616. The number of nitrogens with one attached hydrogen (secondary N) is 1. The van der Waals surface area contributed by atoms with Gasteiger partial charge >= 0.3 is 5.69 Å². The zero-order chi connectivity index (χ0) is 22.7. The van der Waals surface area contributed by atoms with Gasteiger partial charge in [-0.1, -0.05) is 29.8 Å². The molecule has 0 atom stereocenters. The number of rotatable bonds is 6. The molecule has 0 aliphatic carbocycles. The molecule has 2 aromatic heterocycles. The average Bonchev–Trinajstić information content (AvgIpc) is 2.81. The minimum Gasteiger partial charge on any atom is -0.497 e. The van der Waals surface area contributed by atoms with Crippen LogP contribution in [-0.2, 0) is 17.9 Å². The maximum Gasteiger partial charge on any atom is 0.333 e. The molecule has 1 amide bonds. The Labute approximate surface area is 183 Å². The van der Waals surface area contributed by atoms with Crippen molar-refractivity contribution in [3.05, 3.63) is 98.8 Å². The maximum absolute atomic E-state index is 13.2. The standard InChI is InChI=1S/C24H22N4O4/c1-16-5-9-18(10-6-16)26-21(29)15-27-22-20(4-3-13-25-22)23(30)28(24(27)31)14-17-7-11-19(32-2)12-8-17/h3-13H,14-15H2,1-2H3,(H,26,29). The van der Waals surface area contributed by atoms with Gasteiger partial charge in [-0.15, -0.1) is 0 Å². The molecule has 1 N–H and O–H groups in total. The van der Waals surface area contributed by atoms with E-state index in [0.717, 1.165) is 15.7 Å². The third-order valence-corrected chi connectivity index (χ3v) is 5.12. The van der Waals surface area contributed by atoms with Crippen LogP contribution in [0.5, 0.6) is 5.75 Å². The van der Waals surface area contributed by atoms with E-state index in [-0.39, 0.29) is 24.1 Å². The topological polar surface area (TPSA) is 95.2 Å². The summed E-state index contributed by atoms with van der Waals surface area (Å²) in [5.41, 5.74) is 1.56. The van der Waals surface area contributed by atoms with Gasteiger partial charge in [0, 0.05) is 11.9 Å². The zero-order valence-electron chi connectivity index (χ0n) is 17.7. The number of fused-ring (bicyclic) bond motifs is 1. The van der Waals surface area contributed by atoms with Gasteiger partial charge in [-0.05, 0) is 48.9 Å². The van der Waals surface area contributed by atoms with E-state index in [1.54, 1.807) is 55.6 Å². The molecule has 32 heavy (non-hydrogen) atoms. The second-order valence-corrected chi connectivity index (χ2v) is 7.40. The normalized spacial score (nSPS) is 10.8. The van der Waals surface area contributed by atoms with Gasteiger partial charge in [-0.2, -0.15) is 0 Å². The maximum atomic E-state index is 13.2. The Hall–Kier alpha value is -4.20. The van der Waals surface area contributed by atoms with E-state index in [1.165, 1.54) is 10.8 Å². The molecule has 0 radical (unpaired) electrons. The van der Waals surface area contributed by atoms with Crippen molar-refractivity contribution in [2.45, 2.75) is 20.0 Å². The third kappa shape index (κ3) is 4.29. The van der Waals surface area contributed by atoms with Gasteiger partial charge in [-0.25, -0.2) is 9.78 Å². The fraction of sp³-hybridized carbons (Fsp3) is 0.167. The molecular weight excluding hydrogens is 408 g/mol. The van der Waals surface area contributed by atoms with Crippen LogP contribution in [0.15, 0.2) is 76.4 Å². The summed E-state index contributed by atoms with van der Waals surface area (Å²) >= 11 is 0. The van der Waals surface area contributed by atoms with Crippen molar-refractivity contribution in [1.82, 2.24) is 14.1 Å². The van der Waals surface area contributed by atoms with E-state index in [4.69, 9.17) is 4.74 Å². The molecule has 8 nitrogen and oxygen atoms in total. The Kier molecular flexibility index (Phi) is 5.85. The van der Waals surface area contributed by atoms with Crippen molar-refractivity contribution < 1.29 is 9.53 Å². The number of benzene rings is 2. The van der Waals surface area contributed by atoms with Crippen LogP contribution in [0.25, 0.3) is 11.0 Å². The summed E-state index contributed by atoms with van der Waals surface area (Å²) in [5.74, 6) is 0.284. The highest BCUT2D eigenvalue weighted by Gasteiger charge is 2.16. The lowest BCUT2D eigenvalue weighted by atomic mass is 10.2. The first-order chi connectivity index (χ1) is 15.5. The summed E-state index contributed by atoms with van der Waals surface area (Å²) in [5, 5.41) is 3.05. The van der Waals surface area contributed by atoms with Gasteiger partial charge < -0.3 is 10.1 Å². The van der Waals surface area contributed by atoms with Crippen molar-refractivity contribution in [2.75, 3.05) is 12.4 Å². The molecule has 4 aromatic rings. The number of methoxy groups -OCH3 is 1. The number of pyridine rings is 1. The number of anilines is 1. The zero-order valence-corrected chi connectivity index (χ0v) is 17.7. The summed E-state index contributed by atoms with van der Waals surface area (Å²) in [4.78, 5) is 43.2. The van der Waals surface area contributed by atoms with Crippen molar-refractivity contribution >= 4 is 22.6 Å². The van der Waals surface area contributed by atoms with E-state index >= 15 is 0 Å². The largest absolute Gasteiger partial charge is 0.497 e. The molecule has 0 aliphatic rings. The molecule has 2 heterocycles. The number of carbonyl (C=O) groups is 1. The van der Waals surface area contributed by atoms with E-state index in [2.05, 4.69) is 10.3 Å². The molecule has 4 rings (SSSR count). The van der Waals surface area contributed by atoms with Crippen LogP contribution in [0.3, 0.4) is 0 Å². The first-order valence-corrected chi connectivity index (χ1v) is 10.0. The van der Waals surface area contributed by atoms with Gasteiger partial charge in [0.25, 0.3) is 5.56 Å². The number of aromatic nitrogens is 3. The predicted octanol–water partition coefficient (Wildman–Crippen LogP) is 2.56. The van der Waals surface area contributed by atoms with Gasteiger partial charge in [0.15, 0.2) is 0 Å². The summed E-state index contributed by atoms with van der Waals surface area (Å²) in [6, 6.07) is 17.7. The monoisotopic (exact) mass is 430 g/mol. The smallest absolute Gasteiger partial charge is 0.333 e. The molecular formula is C24H22N4O4. The lowest BCUT2D eigenvalue weighted by Gasteiger charge is -2.14. The number of carbonyl (C=O) groups excluding carboxylic acids is 1. The molecule has 0 unspecified atom stereocenters. The molecule has 0 fully saturated rings. The first-order valence-electron chi connectivity index (χ1n) is 10.0. The Morgan fingerprint density at radius 2 is 1.72 bits per heavy atom. The van der Waals surface area contributed by atoms with Crippen molar-refractivity contribution in [3.8, 4) is 5.75 Å². The van der Waals surface area contributed by atoms with E-state index in [1.807, 2.05) is 19.1 Å². The number of nitrogens with zero attached hydrogens (tertiary/aromatic N) is 3. The number of amides is 1. The number of aryl methyl sites for hydroxylation is 1. The number of hydrogen-bond acceptors (Lipinski definition) is 5. The van der Waals surface area contributed by atoms with Crippen LogP contribution in [0, 0.1) is 6.92 Å². The van der Waals surface area contributed by atoms with Gasteiger partial charge in [0.2, 0.25) is 5.91 Å². The van der Waals surface area contributed by atoms with Crippen molar-refractivity contribution in [2.24, 2.45) is 0 Å². The molecule has 0 aliphatic heterocycles. The average molecular weight is 430 g/mol. The second kappa shape index (κ2) is 8.89. The second-order valence-electron chi connectivity index (χ2n) is 7.40. The minimum atomic E-state index is -0.601.